The molecule has 0 saturated heterocycles. The fourth-order valence-electron chi connectivity index (χ4n) is 3.24. The van der Waals surface area contributed by atoms with E-state index >= 15 is 0 Å². The third-order valence-corrected chi connectivity index (χ3v) is 6.55. The van der Waals surface area contributed by atoms with Gasteiger partial charge in [0.2, 0.25) is 0 Å². The van der Waals surface area contributed by atoms with E-state index in [4.69, 9.17) is 10.5 Å². The van der Waals surface area contributed by atoms with E-state index in [1.165, 1.54) is 10.3 Å². The molecule has 2 heterocycles. The van der Waals surface area contributed by atoms with Gasteiger partial charge in [0, 0.05) is 42.6 Å². The van der Waals surface area contributed by atoms with Crippen LogP contribution in [0.25, 0.3) is 22.2 Å². The summed E-state index contributed by atoms with van der Waals surface area (Å²) in [4.78, 5) is 16.3. The average Bonchev–Trinajstić information content (AvgIpc) is 3.31. The maximum atomic E-state index is 11.6. The Morgan fingerprint density at radius 2 is 2.07 bits per heavy atom. The molecule has 0 unspecified atom stereocenters. The molecule has 0 aliphatic heterocycles. The summed E-state index contributed by atoms with van der Waals surface area (Å²) >= 11 is 5.37. The fraction of sp³-hybridized carbons (Fsp3) is 0.136. The molecule has 0 radical (unpaired) electrons. The van der Waals surface area contributed by atoms with E-state index in [0.717, 1.165) is 26.9 Å². The highest BCUT2D eigenvalue weighted by molar-refractivity contribution is 9.10. The lowest BCUT2D eigenvalue weighted by atomic mass is 10.1. The highest BCUT2D eigenvalue weighted by Crippen LogP contribution is 2.38. The summed E-state index contributed by atoms with van der Waals surface area (Å²) in [5, 5.41) is 9.33. The third-order valence-electron chi connectivity index (χ3n) is 4.64. The number of thiophene rings is 1. The molecule has 2 aromatic heterocycles. The topological polar surface area (TPSA) is 92.2 Å². The molecule has 0 fully saturated rings. The fourth-order valence-corrected chi connectivity index (χ4v) is 4.96. The van der Waals surface area contributed by atoms with Crippen molar-refractivity contribution < 1.29 is 9.53 Å². The predicted octanol–water partition coefficient (Wildman–Crippen LogP) is 6.42. The highest BCUT2D eigenvalue weighted by atomic mass is 79.9. The number of anilines is 3. The average molecular weight is 485 g/mol. The lowest BCUT2D eigenvalue weighted by Crippen LogP contribution is -2.14. The lowest BCUT2D eigenvalue weighted by Gasteiger charge is -2.12. The minimum atomic E-state index is -0.517. The van der Waals surface area contributed by atoms with Crippen LogP contribution in [0, 0.1) is 0 Å². The van der Waals surface area contributed by atoms with E-state index in [9.17, 15) is 4.79 Å². The van der Waals surface area contributed by atoms with Gasteiger partial charge in [0.25, 0.3) is 0 Å². The zero-order valence-corrected chi connectivity index (χ0v) is 18.7. The number of ether oxygens (including phenoxy) is 1. The molecule has 0 aliphatic rings. The summed E-state index contributed by atoms with van der Waals surface area (Å²) in [5.41, 5.74) is 11.3. The number of carbonyl (C=O) groups excluding carboxylic acids is 1. The predicted molar refractivity (Wildman–Crippen MR) is 128 cm³/mol. The number of nitrogens with one attached hydrogen (secondary N) is 3. The van der Waals surface area contributed by atoms with Crippen LogP contribution >= 0.6 is 27.3 Å². The number of benzene rings is 2. The van der Waals surface area contributed by atoms with E-state index in [1.807, 2.05) is 18.2 Å². The van der Waals surface area contributed by atoms with Crippen LogP contribution < -0.4 is 16.4 Å². The number of hydrogen-bond acceptors (Lipinski definition) is 5. The minimum Gasteiger partial charge on any atom is -0.450 e. The van der Waals surface area contributed by atoms with Crippen LogP contribution in [0.5, 0.6) is 0 Å². The number of carbonyl (C=O) groups is 1. The largest absolute Gasteiger partial charge is 0.450 e. The molecule has 4 rings (SSSR count). The number of halogens is 1. The number of aromatic nitrogens is 1. The molecular formula is C22H21BrN4O2S. The molecule has 30 heavy (non-hydrogen) atoms. The Morgan fingerprint density at radius 3 is 2.83 bits per heavy atom. The second kappa shape index (κ2) is 8.81. The van der Waals surface area contributed by atoms with Gasteiger partial charge in [0.15, 0.2) is 0 Å². The van der Waals surface area contributed by atoms with Crippen molar-refractivity contribution in [1.29, 1.82) is 0 Å². The molecule has 0 bridgehead atoms. The van der Waals surface area contributed by atoms with Crippen LogP contribution in [0.4, 0.5) is 21.9 Å². The van der Waals surface area contributed by atoms with Crippen LogP contribution in [-0.4, -0.2) is 17.7 Å². The Balaban J connectivity index is 1.51. The highest BCUT2D eigenvalue weighted by Gasteiger charge is 2.15. The first-order valence-electron chi connectivity index (χ1n) is 9.46. The van der Waals surface area contributed by atoms with Gasteiger partial charge in [-0.05, 0) is 53.2 Å². The molecule has 4 aromatic rings. The number of aromatic amines is 1. The summed E-state index contributed by atoms with van der Waals surface area (Å²) < 4.78 is 5.95. The van der Waals surface area contributed by atoms with E-state index in [0.29, 0.717) is 24.5 Å². The van der Waals surface area contributed by atoms with Crippen molar-refractivity contribution in [3.05, 3.63) is 63.3 Å². The van der Waals surface area contributed by atoms with Crippen molar-refractivity contribution in [3.63, 3.8) is 0 Å². The second-order valence-corrected chi connectivity index (χ2v) is 8.47. The molecule has 154 valence electrons. The lowest BCUT2D eigenvalue weighted by molar-refractivity contribution is 0.168. The number of rotatable bonds is 6. The van der Waals surface area contributed by atoms with Crippen LogP contribution in [0.2, 0.25) is 0 Å². The Morgan fingerprint density at radius 1 is 1.23 bits per heavy atom. The van der Waals surface area contributed by atoms with Gasteiger partial charge in [0.1, 0.15) is 0 Å². The Hall–Kier alpha value is -2.97. The van der Waals surface area contributed by atoms with E-state index in [-0.39, 0.29) is 0 Å². The van der Waals surface area contributed by atoms with Crippen LogP contribution in [-0.2, 0) is 11.3 Å². The molecule has 2 aromatic carbocycles. The van der Waals surface area contributed by atoms with Crippen molar-refractivity contribution >= 4 is 61.3 Å². The summed E-state index contributed by atoms with van der Waals surface area (Å²) in [6, 6.07) is 15.8. The number of H-pyrrole nitrogens is 1. The normalized spacial score (nSPS) is 10.9. The van der Waals surface area contributed by atoms with Crippen LogP contribution in [0.15, 0.2) is 58.4 Å². The van der Waals surface area contributed by atoms with Crippen LogP contribution in [0.1, 0.15) is 11.8 Å². The van der Waals surface area contributed by atoms with Gasteiger partial charge in [-0.3, -0.25) is 5.32 Å². The maximum absolute atomic E-state index is 11.6. The standard InChI is InChI=1S/C22H21BrN4O2S/c1-2-29-22(28)27-18-8-7-14(10-16(18)24)25-11-20-21(15(23)12-30-20)19-9-13-5-3-4-6-17(13)26-19/h3-10,12,25-26H,2,11,24H2,1H3,(H,27,28). The second-order valence-electron chi connectivity index (χ2n) is 6.65. The first-order chi connectivity index (χ1) is 14.5. The van der Waals surface area contributed by atoms with Gasteiger partial charge in [-0.2, -0.15) is 0 Å². The molecule has 0 saturated carbocycles. The first-order valence-corrected chi connectivity index (χ1v) is 11.1. The van der Waals surface area contributed by atoms with Gasteiger partial charge >= 0.3 is 6.09 Å². The molecular weight excluding hydrogens is 464 g/mol. The van der Waals surface area contributed by atoms with Crippen molar-refractivity contribution in [3.8, 4) is 11.3 Å². The molecule has 0 atom stereocenters. The zero-order chi connectivity index (χ0) is 21.1. The summed E-state index contributed by atoms with van der Waals surface area (Å²) in [7, 11) is 0. The van der Waals surface area contributed by atoms with Crippen molar-refractivity contribution in [2.45, 2.75) is 13.5 Å². The molecule has 6 nitrogen and oxygen atoms in total. The number of amides is 1. The van der Waals surface area contributed by atoms with E-state index in [2.05, 4.69) is 55.1 Å². The molecule has 0 spiro atoms. The molecule has 1 amide bonds. The number of fused-ring (bicyclic) bond motifs is 1. The summed E-state index contributed by atoms with van der Waals surface area (Å²) in [6.45, 7) is 2.70. The van der Waals surface area contributed by atoms with Crippen molar-refractivity contribution in [2.24, 2.45) is 0 Å². The molecule has 5 N–H and O–H groups in total. The van der Waals surface area contributed by atoms with Gasteiger partial charge in [0.05, 0.1) is 24.5 Å². The number of hydrogen-bond donors (Lipinski definition) is 4. The Labute approximate surface area is 186 Å². The number of para-hydroxylation sites is 1. The molecule has 0 aliphatic carbocycles. The minimum absolute atomic E-state index is 0.306. The van der Waals surface area contributed by atoms with Gasteiger partial charge < -0.3 is 20.8 Å². The van der Waals surface area contributed by atoms with Crippen LogP contribution in [0.3, 0.4) is 0 Å². The quantitative estimate of drug-likeness (QED) is 0.237. The smallest absolute Gasteiger partial charge is 0.411 e. The van der Waals surface area contributed by atoms with Gasteiger partial charge in [-0.15, -0.1) is 11.3 Å². The Kier molecular flexibility index (Phi) is 5.96. The summed E-state index contributed by atoms with van der Waals surface area (Å²) in [5.74, 6) is 0. The van der Waals surface area contributed by atoms with E-state index < -0.39 is 6.09 Å². The third kappa shape index (κ3) is 4.29. The zero-order valence-electron chi connectivity index (χ0n) is 16.3. The Bertz CT molecular complexity index is 1170. The van der Waals surface area contributed by atoms with Gasteiger partial charge in [-0.1, -0.05) is 18.2 Å². The first kappa shape index (κ1) is 20.3. The van der Waals surface area contributed by atoms with Crippen molar-refractivity contribution in [2.75, 3.05) is 23.0 Å². The number of nitrogen functional groups attached to an aromatic ring is 1. The molecule has 8 heteroatoms. The summed E-state index contributed by atoms with van der Waals surface area (Å²) in [6.07, 6.45) is -0.517. The number of nitrogens with two attached hydrogens (primary N) is 1. The maximum Gasteiger partial charge on any atom is 0.411 e. The SMILES string of the molecule is CCOC(=O)Nc1ccc(NCc2scc(Br)c2-c2cc3ccccc3[nH]2)cc1N. The van der Waals surface area contributed by atoms with E-state index in [1.54, 1.807) is 30.4 Å². The monoisotopic (exact) mass is 484 g/mol. The van der Waals surface area contributed by atoms with Gasteiger partial charge in [-0.25, -0.2) is 4.79 Å². The van der Waals surface area contributed by atoms with Crippen molar-refractivity contribution in [1.82, 2.24) is 4.98 Å².